The summed E-state index contributed by atoms with van der Waals surface area (Å²) in [6.45, 7) is 12.7. The Kier molecular flexibility index (Phi) is 4.80. The van der Waals surface area contributed by atoms with E-state index in [1.807, 2.05) is 0 Å². The van der Waals surface area contributed by atoms with E-state index in [-0.39, 0.29) is 33.7 Å². The molecular formula is C20H33BrO4Si. The molecule has 0 N–H and O–H groups in total. The monoisotopic (exact) mass is 444 g/mol. The van der Waals surface area contributed by atoms with Gasteiger partial charge in [0.1, 0.15) is 5.78 Å². The highest BCUT2D eigenvalue weighted by Gasteiger charge is 2.69. The number of carbonyl (C=O) groups excluding carboxylic acids is 1. The second-order valence-corrected chi connectivity index (χ2v) is 16.1. The standard InChI is InChI=1S/C20H33BrO4Si/c1-19(2,3)26(4,5)25-14-8-6-7-12-16(14)18(22)13-11-15(21)20(17(12)13)23-9-10-24-20/h12-17H,6-11H2,1-5H3/t12?,13-,14?,15?,16?,17-/m0/s1. The van der Waals surface area contributed by atoms with E-state index in [0.717, 1.165) is 25.7 Å². The minimum absolute atomic E-state index is 0.0394. The zero-order valence-electron chi connectivity index (χ0n) is 16.7. The Bertz CT molecular complexity index is 581. The number of rotatable bonds is 2. The van der Waals surface area contributed by atoms with E-state index in [1.54, 1.807) is 0 Å². The van der Waals surface area contributed by atoms with Crippen molar-refractivity contribution in [3.63, 3.8) is 0 Å². The largest absolute Gasteiger partial charge is 0.413 e. The molecule has 26 heavy (non-hydrogen) atoms. The minimum Gasteiger partial charge on any atom is -0.413 e. The zero-order valence-corrected chi connectivity index (χ0v) is 19.3. The van der Waals surface area contributed by atoms with E-state index in [1.165, 1.54) is 0 Å². The smallest absolute Gasteiger partial charge is 0.192 e. The second kappa shape index (κ2) is 6.38. The fourth-order valence-electron chi connectivity index (χ4n) is 5.65. The number of ketones is 1. The summed E-state index contributed by atoms with van der Waals surface area (Å²) in [6.07, 6.45) is 4.18. The molecule has 0 bridgehead atoms. The highest BCUT2D eigenvalue weighted by Crippen LogP contribution is 2.62. The van der Waals surface area contributed by atoms with Crippen LogP contribution in [0.2, 0.25) is 18.1 Å². The first-order valence-electron chi connectivity index (χ1n) is 10.2. The number of halogens is 1. The number of carbonyl (C=O) groups is 1. The second-order valence-electron chi connectivity index (χ2n) is 10.2. The minimum atomic E-state index is -1.90. The Balaban J connectivity index is 1.62. The quantitative estimate of drug-likeness (QED) is 0.463. The van der Waals surface area contributed by atoms with Crippen molar-refractivity contribution >= 4 is 30.0 Å². The third-order valence-corrected chi connectivity index (χ3v) is 13.3. The average molecular weight is 445 g/mol. The summed E-state index contributed by atoms with van der Waals surface area (Å²) in [4.78, 5) is 13.6. The maximum absolute atomic E-state index is 13.5. The molecule has 6 atom stereocenters. The average Bonchev–Trinajstić information content (AvgIpc) is 3.19. The van der Waals surface area contributed by atoms with E-state index in [0.29, 0.717) is 24.9 Å². The molecule has 1 aliphatic heterocycles. The zero-order chi connectivity index (χ0) is 18.9. The molecule has 3 aliphatic carbocycles. The molecule has 1 spiro atoms. The van der Waals surface area contributed by atoms with Gasteiger partial charge in [-0.3, -0.25) is 4.79 Å². The lowest BCUT2D eigenvalue weighted by Crippen LogP contribution is -2.51. The number of hydrogen-bond donors (Lipinski definition) is 0. The summed E-state index contributed by atoms with van der Waals surface area (Å²) in [5.41, 5.74) is 0. The van der Waals surface area contributed by atoms with Crippen LogP contribution in [0.4, 0.5) is 0 Å². The number of ether oxygens (including phenoxy) is 2. The van der Waals surface area contributed by atoms with Crippen LogP contribution in [0.1, 0.15) is 46.5 Å². The number of Topliss-reactive ketones (excluding diaryl/α,β-unsaturated/α-hetero) is 1. The first kappa shape index (κ1) is 19.6. The Morgan fingerprint density at radius 1 is 1.19 bits per heavy atom. The van der Waals surface area contributed by atoms with Crippen LogP contribution in [0.5, 0.6) is 0 Å². The maximum Gasteiger partial charge on any atom is 0.192 e. The van der Waals surface area contributed by atoms with Gasteiger partial charge in [0.05, 0.1) is 24.1 Å². The SMILES string of the molecule is CC(C)(C)[Si](C)(C)OC1CCCC2C1C(=O)[C@H]1CC(Br)C3(OCCO3)[C@@H]21. The predicted molar refractivity (Wildman–Crippen MR) is 107 cm³/mol. The molecule has 6 heteroatoms. The summed E-state index contributed by atoms with van der Waals surface area (Å²) < 4.78 is 19.1. The van der Waals surface area contributed by atoms with Crippen LogP contribution in [-0.2, 0) is 18.7 Å². The van der Waals surface area contributed by atoms with Crippen molar-refractivity contribution < 1.29 is 18.7 Å². The lowest BCUT2D eigenvalue weighted by Gasteiger charge is -2.45. The van der Waals surface area contributed by atoms with Gasteiger partial charge in [0.2, 0.25) is 0 Å². The Morgan fingerprint density at radius 2 is 1.85 bits per heavy atom. The third kappa shape index (κ3) is 2.73. The molecule has 4 nitrogen and oxygen atoms in total. The number of fused-ring (bicyclic) bond motifs is 4. The van der Waals surface area contributed by atoms with Crippen LogP contribution in [0.15, 0.2) is 0 Å². The molecular weight excluding hydrogens is 412 g/mol. The van der Waals surface area contributed by atoms with E-state index in [4.69, 9.17) is 13.9 Å². The van der Waals surface area contributed by atoms with E-state index in [2.05, 4.69) is 49.8 Å². The lowest BCUT2D eigenvalue weighted by molar-refractivity contribution is -0.193. The highest BCUT2D eigenvalue weighted by atomic mass is 79.9. The summed E-state index contributed by atoms with van der Waals surface area (Å²) in [7, 11) is -1.90. The van der Waals surface area contributed by atoms with Gasteiger partial charge in [0.15, 0.2) is 14.1 Å². The summed E-state index contributed by atoms with van der Waals surface area (Å²) >= 11 is 3.79. The van der Waals surface area contributed by atoms with Crippen LogP contribution in [0.25, 0.3) is 0 Å². The first-order valence-corrected chi connectivity index (χ1v) is 14.0. The predicted octanol–water partition coefficient (Wildman–Crippen LogP) is 4.52. The molecule has 4 rings (SSSR count). The fourth-order valence-corrected chi connectivity index (χ4v) is 8.00. The third-order valence-electron chi connectivity index (χ3n) is 7.83. The van der Waals surface area contributed by atoms with Gasteiger partial charge in [-0.1, -0.05) is 43.1 Å². The highest BCUT2D eigenvalue weighted by molar-refractivity contribution is 9.09. The molecule has 4 fully saturated rings. The van der Waals surface area contributed by atoms with E-state index >= 15 is 0 Å². The van der Waals surface area contributed by atoms with Crippen molar-refractivity contribution in [3.8, 4) is 0 Å². The maximum atomic E-state index is 13.5. The van der Waals surface area contributed by atoms with Crippen LogP contribution in [0, 0.1) is 23.7 Å². The first-order chi connectivity index (χ1) is 12.1. The van der Waals surface area contributed by atoms with Gasteiger partial charge in [0, 0.05) is 17.8 Å². The number of alkyl halides is 1. The normalized spacial score (nSPS) is 42.3. The molecule has 0 amide bonds. The van der Waals surface area contributed by atoms with Gasteiger partial charge in [-0.2, -0.15) is 0 Å². The van der Waals surface area contributed by atoms with Crippen LogP contribution < -0.4 is 0 Å². The summed E-state index contributed by atoms with van der Waals surface area (Å²) in [5, 5.41) is 0.164. The lowest BCUT2D eigenvalue weighted by atomic mass is 9.74. The van der Waals surface area contributed by atoms with E-state index < -0.39 is 14.1 Å². The van der Waals surface area contributed by atoms with Crippen LogP contribution in [-0.4, -0.2) is 44.0 Å². The Labute approximate surface area is 167 Å². The van der Waals surface area contributed by atoms with Crippen molar-refractivity contribution in [2.45, 2.75) is 81.3 Å². The molecule has 0 aromatic rings. The van der Waals surface area contributed by atoms with Gasteiger partial charge in [-0.15, -0.1) is 0 Å². The Morgan fingerprint density at radius 3 is 2.46 bits per heavy atom. The van der Waals surface area contributed by atoms with Crippen molar-refractivity contribution in [3.05, 3.63) is 0 Å². The van der Waals surface area contributed by atoms with Gasteiger partial charge in [0.25, 0.3) is 0 Å². The molecule has 148 valence electrons. The van der Waals surface area contributed by atoms with Crippen molar-refractivity contribution in [2.24, 2.45) is 23.7 Å². The van der Waals surface area contributed by atoms with Crippen LogP contribution >= 0.6 is 15.9 Å². The molecule has 4 aliphatic rings. The molecule has 1 heterocycles. The van der Waals surface area contributed by atoms with Gasteiger partial charge >= 0.3 is 0 Å². The molecule has 1 saturated heterocycles. The van der Waals surface area contributed by atoms with Gasteiger partial charge in [-0.25, -0.2) is 0 Å². The molecule has 3 saturated carbocycles. The van der Waals surface area contributed by atoms with Crippen LogP contribution in [0.3, 0.4) is 0 Å². The molecule has 0 radical (unpaired) electrons. The Hall–Kier alpha value is 0.247. The number of hydrogen-bond acceptors (Lipinski definition) is 4. The summed E-state index contributed by atoms with van der Waals surface area (Å²) in [6, 6.07) is 0. The molecule has 0 aromatic carbocycles. The van der Waals surface area contributed by atoms with Crippen molar-refractivity contribution in [1.82, 2.24) is 0 Å². The van der Waals surface area contributed by atoms with E-state index in [9.17, 15) is 4.79 Å². The summed E-state index contributed by atoms with van der Waals surface area (Å²) in [5.74, 6) is 0.477. The molecule has 0 aromatic heterocycles. The fraction of sp³-hybridized carbons (Fsp3) is 0.950. The topological polar surface area (TPSA) is 44.8 Å². The van der Waals surface area contributed by atoms with Gasteiger partial charge < -0.3 is 13.9 Å². The molecule has 4 unspecified atom stereocenters. The van der Waals surface area contributed by atoms with Crippen molar-refractivity contribution in [2.75, 3.05) is 13.2 Å². The van der Waals surface area contributed by atoms with Crippen molar-refractivity contribution in [1.29, 1.82) is 0 Å². The van der Waals surface area contributed by atoms with Gasteiger partial charge in [-0.05, 0) is 43.3 Å².